The van der Waals surface area contributed by atoms with Crippen molar-refractivity contribution in [3.05, 3.63) is 53.6 Å². The Morgan fingerprint density at radius 2 is 1.44 bits per heavy atom. The molecule has 1 saturated heterocycles. The highest BCUT2D eigenvalue weighted by atomic mass is 35.5. The SMILES string of the molecule is CC1(C)OB(c2cc(Cl)c3c(c2)oc2cc4ccccc4cc23)OC1(C)C. The lowest BCUT2D eigenvalue weighted by Crippen LogP contribution is -2.41. The summed E-state index contributed by atoms with van der Waals surface area (Å²) in [7, 11) is -0.468. The van der Waals surface area contributed by atoms with Crippen molar-refractivity contribution in [1.82, 2.24) is 0 Å². The molecule has 5 rings (SSSR count). The highest BCUT2D eigenvalue weighted by Crippen LogP contribution is 2.39. The van der Waals surface area contributed by atoms with Gasteiger partial charge in [-0.15, -0.1) is 0 Å². The van der Waals surface area contributed by atoms with Gasteiger partial charge in [-0.05, 0) is 68.2 Å². The highest BCUT2D eigenvalue weighted by molar-refractivity contribution is 6.63. The molecular formula is C22H20BClO3. The Hall–Kier alpha value is -2.01. The summed E-state index contributed by atoms with van der Waals surface area (Å²) in [6.45, 7) is 8.17. The van der Waals surface area contributed by atoms with Crippen molar-refractivity contribution < 1.29 is 13.7 Å². The fourth-order valence-corrected chi connectivity index (χ4v) is 4.00. The molecule has 1 aromatic heterocycles. The van der Waals surface area contributed by atoms with Gasteiger partial charge in [-0.3, -0.25) is 0 Å². The molecule has 0 atom stereocenters. The minimum Gasteiger partial charge on any atom is -0.456 e. The second-order valence-corrected chi connectivity index (χ2v) is 8.67. The number of fused-ring (bicyclic) bond motifs is 4. The molecule has 3 nitrogen and oxygen atoms in total. The van der Waals surface area contributed by atoms with E-state index in [1.54, 1.807) is 0 Å². The van der Waals surface area contributed by atoms with Crippen LogP contribution in [0.25, 0.3) is 32.7 Å². The van der Waals surface area contributed by atoms with Crippen molar-refractivity contribution in [2.24, 2.45) is 0 Å². The Labute approximate surface area is 163 Å². The number of halogens is 1. The minimum absolute atomic E-state index is 0.398. The van der Waals surface area contributed by atoms with Gasteiger partial charge >= 0.3 is 7.12 Å². The molecule has 0 spiro atoms. The molecule has 3 aromatic carbocycles. The molecule has 2 heterocycles. The van der Waals surface area contributed by atoms with Crippen LogP contribution in [0.1, 0.15) is 27.7 Å². The molecule has 0 amide bonds. The molecule has 4 aromatic rings. The number of hydrogen-bond acceptors (Lipinski definition) is 3. The molecular weight excluding hydrogens is 359 g/mol. The lowest BCUT2D eigenvalue weighted by Gasteiger charge is -2.32. The van der Waals surface area contributed by atoms with E-state index in [0.717, 1.165) is 32.8 Å². The Bertz CT molecular complexity index is 1190. The molecule has 0 radical (unpaired) electrons. The monoisotopic (exact) mass is 378 g/mol. The van der Waals surface area contributed by atoms with Gasteiger partial charge in [-0.2, -0.15) is 0 Å². The number of rotatable bonds is 1. The molecule has 27 heavy (non-hydrogen) atoms. The number of furan rings is 1. The Morgan fingerprint density at radius 1 is 0.815 bits per heavy atom. The molecule has 1 aliphatic rings. The molecule has 0 unspecified atom stereocenters. The van der Waals surface area contributed by atoms with Gasteiger partial charge in [0.05, 0.1) is 16.2 Å². The van der Waals surface area contributed by atoms with Gasteiger partial charge < -0.3 is 13.7 Å². The molecule has 0 aliphatic carbocycles. The molecule has 1 aliphatic heterocycles. The van der Waals surface area contributed by atoms with Crippen LogP contribution in [0, 0.1) is 0 Å². The molecule has 136 valence electrons. The van der Waals surface area contributed by atoms with Crippen LogP contribution in [-0.2, 0) is 9.31 Å². The lowest BCUT2D eigenvalue weighted by atomic mass is 9.79. The zero-order valence-corrected chi connectivity index (χ0v) is 16.6. The van der Waals surface area contributed by atoms with Crippen molar-refractivity contribution in [3.63, 3.8) is 0 Å². The van der Waals surface area contributed by atoms with Crippen molar-refractivity contribution in [3.8, 4) is 0 Å². The van der Waals surface area contributed by atoms with Crippen LogP contribution in [0.15, 0.2) is 52.9 Å². The summed E-state index contributed by atoms with van der Waals surface area (Å²) in [6.07, 6.45) is 0. The van der Waals surface area contributed by atoms with E-state index < -0.39 is 18.3 Å². The number of benzene rings is 3. The van der Waals surface area contributed by atoms with E-state index in [1.165, 1.54) is 5.39 Å². The third kappa shape index (κ3) is 2.51. The van der Waals surface area contributed by atoms with Crippen LogP contribution >= 0.6 is 11.6 Å². The highest BCUT2D eigenvalue weighted by Gasteiger charge is 2.51. The van der Waals surface area contributed by atoms with E-state index in [9.17, 15) is 0 Å². The fourth-order valence-electron chi connectivity index (χ4n) is 3.68. The van der Waals surface area contributed by atoms with Gasteiger partial charge in [-0.25, -0.2) is 0 Å². The average Bonchev–Trinajstić information content (AvgIpc) is 3.06. The summed E-state index contributed by atoms with van der Waals surface area (Å²) in [5.74, 6) is 0. The fraction of sp³-hybridized carbons (Fsp3) is 0.273. The Kier molecular flexibility index (Phi) is 3.49. The van der Waals surface area contributed by atoms with Crippen LogP contribution < -0.4 is 5.46 Å². The van der Waals surface area contributed by atoms with Crippen molar-refractivity contribution in [2.45, 2.75) is 38.9 Å². The predicted molar refractivity (Wildman–Crippen MR) is 112 cm³/mol. The van der Waals surface area contributed by atoms with Crippen molar-refractivity contribution in [2.75, 3.05) is 0 Å². The maximum absolute atomic E-state index is 6.68. The van der Waals surface area contributed by atoms with E-state index in [2.05, 4.69) is 24.3 Å². The second kappa shape index (κ2) is 5.51. The number of hydrogen-bond donors (Lipinski definition) is 0. The van der Waals surface area contributed by atoms with Gasteiger partial charge in [0.15, 0.2) is 0 Å². The van der Waals surface area contributed by atoms with Crippen LogP contribution in [0.4, 0.5) is 0 Å². The third-order valence-corrected chi connectivity index (χ3v) is 6.24. The van der Waals surface area contributed by atoms with Gasteiger partial charge in [-0.1, -0.05) is 35.9 Å². The van der Waals surface area contributed by atoms with Gasteiger partial charge in [0.1, 0.15) is 11.2 Å². The van der Waals surface area contributed by atoms with Crippen LogP contribution in [0.3, 0.4) is 0 Å². The molecule has 0 saturated carbocycles. The normalized spacial score (nSPS) is 18.8. The van der Waals surface area contributed by atoms with E-state index in [4.69, 9.17) is 25.3 Å². The molecule has 0 N–H and O–H groups in total. The second-order valence-electron chi connectivity index (χ2n) is 8.26. The van der Waals surface area contributed by atoms with Gasteiger partial charge in [0.2, 0.25) is 0 Å². The summed E-state index contributed by atoms with van der Waals surface area (Å²) in [4.78, 5) is 0. The van der Waals surface area contributed by atoms with Gasteiger partial charge in [0, 0.05) is 10.8 Å². The first kappa shape index (κ1) is 17.1. The smallest absolute Gasteiger partial charge is 0.456 e. The standard InChI is InChI=1S/C22H20BClO3/c1-21(2)22(3,4)27-23(26-21)15-11-17(24)20-16-9-13-7-5-6-8-14(13)10-18(16)25-19(20)12-15/h5-12H,1-4H3. The maximum Gasteiger partial charge on any atom is 0.495 e. The molecule has 0 bridgehead atoms. The molecule has 1 fully saturated rings. The summed E-state index contributed by atoms with van der Waals surface area (Å²) in [5, 5.41) is 4.91. The van der Waals surface area contributed by atoms with E-state index in [1.807, 2.05) is 52.0 Å². The first-order valence-electron chi connectivity index (χ1n) is 9.15. The van der Waals surface area contributed by atoms with Crippen molar-refractivity contribution in [1.29, 1.82) is 0 Å². The van der Waals surface area contributed by atoms with E-state index in [0.29, 0.717) is 5.02 Å². The lowest BCUT2D eigenvalue weighted by molar-refractivity contribution is 0.00578. The van der Waals surface area contributed by atoms with Gasteiger partial charge in [0.25, 0.3) is 0 Å². The zero-order valence-electron chi connectivity index (χ0n) is 15.8. The summed E-state index contributed by atoms with van der Waals surface area (Å²) < 4.78 is 18.5. The Balaban J connectivity index is 1.69. The molecule has 5 heteroatoms. The van der Waals surface area contributed by atoms with E-state index >= 15 is 0 Å². The quantitative estimate of drug-likeness (QED) is 0.399. The Morgan fingerprint density at radius 3 is 2.11 bits per heavy atom. The van der Waals surface area contributed by atoms with Crippen molar-refractivity contribution >= 4 is 56.9 Å². The first-order chi connectivity index (χ1) is 12.7. The predicted octanol–water partition coefficient (Wildman–Crippen LogP) is 5.69. The summed E-state index contributed by atoms with van der Waals surface area (Å²) >= 11 is 6.68. The minimum atomic E-state index is -0.468. The zero-order chi connectivity index (χ0) is 19.0. The van der Waals surface area contributed by atoms with Crippen LogP contribution in [0.5, 0.6) is 0 Å². The van der Waals surface area contributed by atoms with Crippen LogP contribution in [-0.4, -0.2) is 18.3 Å². The van der Waals surface area contributed by atoms with Crippen LogP contribution in [0.2, 0.25) is 5.02 Å². The van der Waals surface area contributed by atoms with E-state index in [-0.39, 0.29) is 0 Å². The summed E-state index contributed by atoms with van der Waals surface area (Å²) in [5.41, 5.74) is 1.65. The largest absolute Gasteiger partial charge is 0.495 e. The third-order valence-electron chi connectivity index (χ3n) is 5.94. The summed E-state index contributed by atoms with van der Waals surface area (Å²) in [6, 6.07) is 16.4. The maximum atomic E-state index is 6.68. The first-order valence-corrected chi connectivity index (χ1v) is 9.53. The average molecular weight is 379 g/mol. The topological polar surface area (TPSA) is 31.6 Å².